The van der Waals surface area contributed by atoms with E-state index in [-0.39, 0.29) is 6.61 Å². The van der Waals surface area contributed by atoms with Gasteiger partial charge in [0.05, 0.1) is 0 Å². The number of aldehydes is 1. The van der Waals surface area contributed by atoms with Crippen LogP contribution in [0, 0.1) is 0 Å². The maximum absolute atomic E-state index is 13.9. The molecule has 1 amide bonds. The van der Waals surface area contributed by atoms with Gasteiger partial charge in [0, 0.05) is 18.4 Å². The summed E-state index contributed by atoms with van der Waals surface area (Å²) in [5.41, 5.74) is 8.62. The van der Waals surface area contributed by atoms with Gasteiger partial charge in [0.2, 0.25) is 0 Å². The lowest BCUT2D eigenvalue weighted by Gasteiger charge is -2.39. The molecule has 0 spiro atoms. The third kappa shape index (κ3) is 9.60. The summed E-state index contributed by atoms with van der Waals surface area (Å²) in [7, 11) is 0. The van der Waals surface area contributed by atoms with Crippen molar-refractivity contribution in [2.45, 2.75) is 56.1 Å². The van der Waals surface area contributed by atoms with Crippen LogP contribution in [0.25, 0.3) is 0 Å². The van der Waals surface area contributed by atoms with Gasteiger partial charge in [-0.05, 0) is 79.1 Å². The van der Waals surface area contributed by atoms with E-state index in [9.17, 15) is 9.59 Å². The smallest absolute Gasteiger partial charge is 0.425 e. The zero-order chi connectivity index (χ0) is 35.1. The number of nitrogens with zero attached hydrogens (tertiary/aromatic N) is 2. The van der Waals surface area contributed by atoms with E-state index in [1.165, 1.54) is 23.4 Å². The molecule has 6 nitrogen and oxygen atoms in total. The van der Waals surface area contributed by atoms with Gasteiger partial charge in [-0.3, -0.25) is 0 Å². The second-order valence-electron chi connectivity index (χ2n) is 13.6. The predicted octanol–water partition coefficient (Wildman–Crippen LogP) is 8.59. The van der Waals surface area contributed by atoms with Gasteiger partial charge in [-0.15, -0.1) is 0 Å². The molecule has 0 bridgehead atoms. The first kappa shape index (κ1) is 35.8. The number of benzene rings is 5. The van der Waals surface area contributed by atoms with Crippen LogP contribution in [0.15, 0.2) is 152 Å². The fourth-order valence-corrected chi connectivity index (χ4v) is 7.46. The Hall–Kier alpha value is -5.04. The third-order valence-corrected chi connectivity index (χ3v) is 10.3. The molecular weight excluding hydrogens is 631 g/mol. The summed E-state index contributed by atoms with van der Waals surface area (Å²) in [5.74, 6) is 0.619. The summed E-state index contributed by atoms with van der Waals surface area (Å²) in [6.45, 7) is 3.68. The topological polar surface area (TPSA) is 61.9 Å². The van der Waals surface area contributed by atoms with Crippen LogP contribution in [0.4, 0.5) is 4.79 Å². The zero-order valence-corrected chi connectivity index (χ0v) is 29.4. The summed E-state index contributed by atoms with van der Waals surface area (Å²) in [5, 5.41) is 1.41. The van der Waals surface area contributed by atoms with Crippen molar-refractivity contribution in [1.82, 2.24) is 15.3 Å². The monoisotopic (exact) mass is 679 g/mol. The Balaban J connectivity index is 1.24. The molecule has 5 aromatic rings. The van der Waals surface area contributed by atoms with Gasteiger partial charge in [-0.25, -0.2) is 15.2 Å². The quantitative estimate of drug-likeness (QED) is 0.0837. The van der Waals surface area contributed by atoms with Crippen LogP contribution in [0.2, 0.25) is 0 Å². The average Bonchev–Trinajstić information content (AvgIpc) is 3.21. The molecule has 1 aliphatic heterocycles. The Labute approximate surface area is 303 Å². The molecule has 1 heterocycles. The number of piperidine rings is 1. The van der Waals surface area contributed by atoms with Gasteiger partial charge >= 0.3 is 6.09 Å². The molecule has 1 aliphatic rings. The molecule has 51 heavy (non-hydrogen) atoms. The first-order valence-electron chi connectivity index (χ1n) is 18.3. The molecule has 262 valence electrons. The number of carbonyl (C=O) groups is 2. The Morgan fingerprint density at radius 2 is 1.25 bits per heavy atom. The molecule has 0 aromatic heterocycles. The highest BCUT2D eigenvalue weighted by molar-refractivity contribution is 5.73. The number of hydrazine groups is 1. The van der Waals surface area contributed by atoms with Crippen molar-refractivity contribution < 1.29 is 14.3 Å². The Morgan fingerprint density at radius 3 is 1.80 bits per heavy atom. The van der Waals surface area contributed by atoms with E-state index in [1.807, 2.05) is 72.8 Å². The normalized spacial score (nSPS) is 14.4. The van der Waals surface area contributed by atoms with Crippen LogP contribution in [0.3, 0.4) is 0 Å². The molecule has 0 saturated carbocycles. The van der Waals surface area contributed by atoms with Crippen LogP contribution in [-0.2, 0) is 28.0 Å². The van der Waals surface area contributed by atoms with E-state index in [0.717, 1.165) is 61.0 Å². The van der Waals surface area contributed by atoms with Crippen molar-refractivity contribution in [3.05, 3.63) is 179 Å². The van der Waals surface area contributed by atoms with Gasteiger partial charge in [-0.1, -0.05) is 152 Å². The largest absolute Gasteiger partial charge is 0.444 e. The highest BCUT2D eigenvalue weighted by atomic mass is 16.6. The lowest BCUT2D eigenvalue weighted by molar-refractivity contribution is -0.113. The van der Waals surface area contributed by atoms with Gasteiger partial charge in [-0.2, -0.15) is 0 Å². The molecular formula is C45H49N3O3. The first-order chi connectivity index (χ1) is 25.1. The maximum atomic E-state index is 13.9. The van der Waals surface area contributed by atoms with Crippen LogP contribution >= 0.6 is 0 Å². The van der Waals surface area contributed by atoms with E-state index in [1.54, 1.807) is 0 Å². The first-order valence-corrected chi connectivity index (χ1v) is 18.3. The van der Waals surface area contributed by atoms with Gasteiger partial charge in [0.15, 0.2) is 0 Å². The number of carbonyl (C=O) groups excluding carboxylic acids is 2. The SMILES string of the molecule is O=C[C@H](Cc1ccccc1)N(NCC(CCCN1CCC(c2ccccc2)CC1)(c1ccccc1)c1ccccc1)C(=O)OCc1ccccc1. The van der Waals surface area contributed by atoms with Crippen LogP contribution in [0.1, 0.15) is 59.4 Å². The molecule has 1 saturated heterocycles. The fraction of sp³-hybridized carbons (Fsp3) is 0.289. The van der Waals surface area contributed by atoms with Gasteiger partial charge in [0.25, 0.3) is 0 Å². The fourth-order valence-electron chi connectivity index (χ4n) is 7.46. The molecule has 0 unspecified atom stereocenters. The number of rotatable bonds is 16. The van der Waals surface area contributed by atoms with Crippen LogP contribution in [0.5, 0.6) is 0 Å². The summed E-state index contributed by atoms with van der Waals surface area (Å²) < 4.78 is 5.85. The Morgan fingerprint density at radius 1 is 0.745 bits per heavy atom. The van der Waals surface area contributed by atoms with E-state index in [0.29, 0.717) is 18.9 Å². The number of ether oxygens (including phenoxy) is 1. The molecule has 5 aromatic carbocycles. The van der Waals surface area contributed by atoms with Crippen LogP contribution in [-0.4, -0.2) is 54.5 Å². The van der Waals surface area contributed by atoms with Gasteiger partial charge in [0.1, 0.15) is 18.9 Å². The maximum Gasteiger partial charge on any atom is 0.425 e. The number of amides is 1. The second kappa shape index (κ2) is 18.3. The molecule has 6 rings (SSSR count). The lowest BCUT2D eigenvalue weighted by Crippen LogP contribution is -2.55. The zero-order valence-electron chi connectivity index (χ0n) is 29.4. The average molecular weight is 680 g/mol. The van der Waals surface area contributed by atoms with Gasteiger partial charge < -0.3 is 14.4 Å². The Kier molecular flexibility index (Phi) is 12.8. The van der Waals surface area contributed by atoms with Crippen molar-refractivity contribution in [3.8, 4) is 0 Å². The molecule has 0 aliphatic carbocycles. The minimum Gasteiger partial charge on any atom is -0.444 e. The standard InChI is InChI=1S/C45H49N3O3/c49-34-43(33-37-17-6-1-7-18-37)48(44(50)51-35-38-19-8-2-9-20-38)46-36-45(41-23-12-4-13-24-41,42-25-14-5-15-26-42)29-16-30-47-31-27-40(28-32-47)39-21-10-3-11-22-39/h1-15,17-26,34,40,43,46H,16,27-33,35-36H2/t43-/m0/s1. The third-order valence-electron chi connectivity index (χ3n) is 10.3. The van der Waals surface area contributed by atoms with Crippen LogP contribution < -0.4 is 5.43 Å². The van der Waals surface area contributed by atoms with Crippen molar-refractivity contribution >= 4 is 12.4 Å². The van der Waals surface area contributed by atoms with E-state index in [4.69, 9.17) is 4.74 Å². The highest BCUT2D eigenvalue weighted by Gasteiger charge is 2.37. The summed E-state index contributed by atoms with van der Waals surface area (Å²) in [6, 6.07) is 50.7. The van der Waals surface area contributed by atoms with Crippen molar-refractivity contribution in [1.29, 1.82) is 0 Å². The predicted molar refractivity (Wildman–Crippen MR) is 204 cm³/mol. The molecule has 1 N–H and O–H groups in total. The molecule has 1 atom stereocenters. The molecule has 6 heteroatoms. The summed E-state index contributed by atoms with van der Waals surface area (Å²) in [4.78, 5) is 29.3. The number of likely N-dealkylation sites (tertiary alicyclic amines) is 1. The van der Waals surface area contributed by atoms with E-state index < -0.39 is 17.6 Å². The second-order valence-corrected chi connectivity index (χ2v) is 13.6. The van der Waals surface area contributed by atoms with E-state index in [2.05, 4.69) is 89.2 Å². The van der Waals surface area contributed by atoms with Crippen molar-refractivity contribution in [2.24, 2.45) is 0 Å². The number of hydrogen-bond donors (Lipinski definition) is 1. The molecule has 1 fully saturated rings. The minimum atomic E-state index is -0.772. The Bertz CT molecular complexity index is 1710. The van der Waals surface area contributed by atoms with E-state index >= 15 is 0 Å². The summed E-state index contributed by atoms with van der Waals surface area (Å²) >= 11 is 0. The van der Waals surface area contributed by atoms with Crippen molar-refractivity contribution in [3.63, 3.8) is 0 Å². The molecule has 0 radical (unpaired) electrons. The minimum absolute atomic E-state index is 0.109. The highest BCUT2D eigenvalue weighted by Crippen LogP contribution is 2.37. The van der Waals surface area contributed by atoms with Crippen molar-refractivity contribution in [2.75, 3.05) is 26.2 Å². The number of nitrogens with one attached hydrogen (secondary N) is 1. The lowest BCUT2D eigenvalue weighted by atomic mass is 9.71. The summed E-state index contributed by atoms with van der Waals surface area (Å²) in [6.07, 6.45) is 4.79. The number of hydrogen-bond acceptors (Lipinski definition) is 5.